The zero-order valence-electron chi connectivity index (χ0n) is 14.1. The van der Waals surface area contributed by atoms with Gasteiger partial charge in [0.25, 0.3) is 0 Å². The van der Waals surface area contributed by atoms with Crippen LogP contribution in [0.4, 0.5) is 5.69 Å². The number of hydrogen-bond donors (Lipinski definition) is 2. The smallest absolute Gasteiger partial charge is 0.227 e. The van der Waals surface area contributed by atoms with E-state index in [0.717, 1.165) is 43.5 Å². The molecular formula is C18H29ClN2O2. The van der Waals surface area contributed by atoms with Crippen LogP contribution in [0.15, 0.2) is 24.3 Å². The van der Waals surface area contributed by atoms with Crippen molar-refractivity contribution in [3.05, 3.63) is 24.3 Å². The summed E-state index contributed by atoms with van der Waals surface area (Å²) in [6, 6.07) is 7.78. The maximum atomic E-state index is 12.3. The van der Waals surface area contributed by atoms with Crippen molar-refractivity contribution in [1.82, 2.24) is 0 Å². The average molecular weight is 341 g/mol. The van der Waals surface area contributed by atoms with Crippen molar-refractivity contribution in [1.29, 1.82) is 0 Å². The number of benzene rings is 1. The molecule has 1 aromatic rings. The molecule has 1 saturated carbocycles. The number of amides is 1. The summed E-state index contributed by atoms with van der Waals surface area (Å²) in [7, 11) is 0. The summed E-state index contributed by atoms with van der Waals surface area (Å²) in [5, 5.41) is 3.00. The molecule has 1 fully saturated rings. The monoisotopic (exact) mass is 340 g/mol. The van der Waals surface area contributed by atoms with Gasteiger partial charge in [0.2, 0.25) is 5.91 Å². The van der Waals surface area contributed by atoms with Crippen molar-refractivity contribution >= 4 is 24.0 Å². The summed E-state index contributed by atoms with van der Waals surface area (Å²) in [6.45, 7) is 5.05. The summed E-state index contributed by atoms with van der Waals surface area (Å²) in [5.41, 5.74) is 6.76. The number of carbonyl (C=O) groups is 1. The van der Waals surface area contributed by atoms with Gasteiger partial charge in [0.15, 0.2) is 0 Å². The van der Waals surface area contributed by atoms with Crippen LogP contribution in [-0.4, -0.2) is 18.6 Å². The third-order valence-electron chi connectivity index (χ3n) is 4.15. The van der Waals surface area contributed by atoms with Gasteiger partial charge >= 0.3 is 0 Å². The molecule has 0 saturated heterocycles. The predicted octanol–water partition coefficient (Wildman–Crippen LogP) is 3.99. The molecule has 0 bridgehead atoms. The summed E-state index contributed by atoms with van der Waals surface area (Å²) in [5.74, 6) is 1.54. The largest absolute Gasteiger partial charge is 0.494 e. The average Bonchev–Trinajstić information content (AvgIpc) is 2.47. The van der Waals surface area contributed by atoms with Gasteiger partial charge in [-0.3, -0.25) is 4.79 Å². The van der Waals surface area contributed by atoms with Crippen molar-refractivity contribution in [2.45, 2.75) is 52.0 Å². The van der Waals surface area contributed by atoms with Crippen LogP contribution < -0.4 is 15.8 Å². The van der Waals surface area contributed by atoms with E-state index in [4.69, 9.17) is 10.5 Å². The fourth-order valence-electron chi connectivity index (χ4n) is 2.79. The molecule has 0 heterocycles. The highest BCUT2D eigenvalue weighted by molar-refractivity contribution is 5.92. The van der Waals surface area contributed by atoms with Crippen LogP contribution in [0.25, 0.3) is 0 Å². The van der Waals surface area contributed by atoms with Crippen LogP contribution in [0.1, 0.15) is 46.0 Å². The Bertz CT molecular complexity index is 494. The van der Waals surface area contributed by atoms with E-state index in [1.54, 1.807) is 0 Å². The number of nitrogens with two attached hydrogens (primary N) is 1. The Morgan fingerprint density at radius 3 is 2.87 bits per heavy atom. The lowest BCUT2D eigenvalue weighted by molar-refractivity contribution is -0.120. The van der Waals surface area contributed by atoms with Gasteiger partial charge < -0.3 is 15.8 Å². The Morgan fingerprint density at radius 2 is 2.17 bits per heavy atom. The van der Waals surface area contributed by atoms with Gasteiger partial charge in [0.1, 0.15) is 5.75 Å². The quantitative estimate of drug-likeness (QED) is 0.823. The van der Waals surface area contributed by atoms with E-state index < -0.39 is 0 Å². The molecule has 1 aromatic carbocycles. The van der Waals surface area contributed by atoms with Crippen LogP contribution in [0.2, 0.25) is 0 Å². The van der Waals surface area contributed by atoms with E-state index in [0.29, 0.717) is 12.5 Å². The third kappa shape index (κ3) is 6.80. The highest BCUT2D eigenvalue weighted by atomic mass is 35.5. The Kier molecular flexibility index (Phi) is 8.42. The number of carbonyl (C=O) groups excluding carboxylic acids is 1. The Morgan fingerprint density at radius 1 is 1.39 bits per heavy atom. The molecule has 23 heavy (non-hydrogen) atoms. The van der Waals surface area contributed by atoms with Crippen molar-refractivity contribution in [2.24, 2.45) is 17.6 Å². The molecule has 0 aliphatic heterocycles. The van der Waals surface area contributed by atoms with E-state index in [9.17, 15) is 4.79 Å². The van der Waals surface area contributed by atoms with Crippen molar-refractivity contribution < 1.29 is 9.53 Å². The molecule has 2 atom stereocenters. The Balaban J connectivity index is 0.00000264. The van der Waals surface area contributed by atoms with Crippen molar-refractivity contribution in [3.8, 4) is 5.75 Å². The highest BCUT2D eigenvalue weighted by Crippen LogP contribution is 2.25. The first-order valence-electron chi connectivity index (χ1n) is 8.34. The van der Waals surface area contributed by atoms with Gasteiger partial charge in [-0.2, -0.15) is 0 Å². The first kappa shape index (κ1) is 19.8. The molecule has 3 N–H and O–H groups in total. The van der Waals surface area contributed by atoms with Crippen molar-refractivity contribution in [2.75, 3.05) is 11.9 Å². The number of halogens is 1. The maximum absolute atomic E-state index is 12.3. The maximum Gasteiger partial charge on any atom is 0.227 e. The lowest BCUT2D eigenvalue weighted by Gasteiger charge is -2.25. The minimum absolute atomic E-state index is 0. The van der Waals surface area contributed by atoms with E-state index >= 15 is 0 Å². The van der Waals surface area contributed by atoms with Crippen LogP contribution in [0, 0.1) is 11.8 Å². The van der Waals surface area contributed by atoms with Crippen molar-refractivity contribution in [3.63, 3.8) is 0 Å². The minimum Gasteiger partial charge on any atom is -0.494 e. The fourth-order valence-corrected chi connectivity index (χ4v) is 2.79. The van der Waals surface area contributed by atoms with Gasteiger partial charge in [-0.15, -0.1) is 12.4 Å². The Hall–Kier alpha value is -1.26. The lowest BCUT2D eigenvalue weighted by atomic mass is 9.85. The molecule has 1 aliphatic carbocycles. The van der Waals surface area contributed by atoms with Crippen LogP contribution in [0.3, 0.4) is 0 Å². The van der Waals surface area contributed by atoms with Gasteiger partial charge in [-0.05, 0) is 43.7 Å². The highest BCUT2D eigenvalue weighted by Gasteiger charge is 2.25. The van der Waals surface area contributed by atoms with E-state index in [-0.39, 0.29) is 30.3 Å². The second kappa shape index (κ2) is 9.78. The molecule has 1 amide bonds. The molecule has 130 valence electrons. The summed E-state index contributed by atoms with van der Waals surface area (Å²) in [4.78, 5) is 12.3. The first-order chi connectivity index (χ1) is 10.5. The molecule has 2 rings (SSSR count). The van der Waals surface area contributed by atoms with E-state index in [1.165, 1.54) is 0 Å². The molecule has 5 heteroatoms. The predicted molar refractivity (Wildman–Crippen MR) is 97.2 cm³/mol. The minimum atomic E-state index is 0. The lowest BCUT2D eigenvalue weighted by Crippen LogP contribution is -2.34. The van der Waals surface area contributed by atoms with Gasteiger partial charge in [0.05, 0.1) is 6.61 Å². The number of nitrogens with one attached hydrogen (secondary N) is 1. The molecule has 2 unspecified atom stereocenters. The summed E-state index contributed by atoms with van der Waals surface area (Å²) < 4.78 is 5.73. The zero-order chi connectivity index (χ0) is 15.9. The third-order valence-corrected chi connectivity index (χ3v) is 4.15. The number of anilines is 1. The van der Waals surface area contributed by atoms with Gasteiger partial charge in [-0.1, -0.05) is 26.3 Å². The van der Waals surface area contributed by atoms with Gasteiger partial charge in [-0.25, -0.2) is 0 Å². The second-order valence-electron chi connectivity index (χ2n) is 6.67. The van der Waals surface area contributed by atoms with Crippen LogP contribution >= 0.6 is 12.4 Å². The van der Waals surface area contributed by atoms with Gasteiger partial charge in [0, 0.05) is 23.7 Å². The number of ether oxygens (including phenoxy) is 1. The summed E-state index contributed by atoms with van der Waals surface area (Å²) in [6.07, 6.45) is 4.82. The Labute approximate surface area is 145 Å². The molecular weight excluding hydrogens is 312 g/mol. The van der Waals surface area contributed by atoms with Crippen LogP contribution in [-0.2, 0) is 4.79 Å². The molecule has 1 aliphatic rings. The standard InChI is InChI=1S/C18H28N2O2.ClH/c1-13(2)9-10-22-17-8-4-7-16(12-17)20-18(21)14-5-3-6-15(19)11-14;/h4,7-8,12-15H,3,5-6,9-11,19H2,1-2H3,(H,20,21);1H. The molecule has 4 nitrogen and oxygen atoms in total. The zero-order valence-corrected chi connectivity index (χ0v) is 14.9. The summed E-state index contributed by atoms with van der Waals surface area (Å²) >= 11 is 0. The topological polar surface area (TPSA) is 64.3 Å². The second-order valence-corrected chi connectivity index (χ2v) is 6.67. The van der Waals surface area contributed by atoms with Crippen LogP contribution in [0.5, 0.6) is 5.75 Å². The number of hydrogen-bond acceptors (Lipinski definition) is 3. The number of rotatable bonds is 6. The molecule has 0 spiro atoms. The molecule has 0 aromatic heterocycles. The SMILES string of the molecule is CC(C)CCOc1cccc(NC(=O)C2CCCC(N)C2)c1.Cl. The molecule has 0 radical (unpaired) electrons. The fraction of sp³-hybridized carbons (Fsp3) is 0.611. The van der Waals surface area contributed by atoms with E-state index in [1.807, 2.05) is 24.3 Å². The first-order valence-corrected chi connectivity index (χ1v) is 8.34. The normalized spacial score (nSPS) is 20.7. The van der Waals surface area contributed by atoms with E-state index in [2.05, 4.69) is 19.2 Å².